The van der Waals surface area contributed by atoms with Crippen molar-refractivity contribution in [2.45, 2.75) is 30.4 Å². The van der Waals surface area contributed by atoms with Gasteiger partial charge in [0, 0.05) is 41.5 Å². The van der Waals surface area contributed by atoms with Gasteiger partial charge in [-0.15, -0.1) is 0 Å². The smallest absolute Gasteiger partial charge is 0.267 e. The van der Waals surface area contributed by atoms with E-state index in [9.17, 15) is 9.59 Å². The van der Waals surface area contributed by atoms with Crippen molar-refractivity contribution in [3.8, 4) is 11.3 Å². The minimum Gasteiger partial charge on any atom is -0.381 e. The predicted molar refractivity (Wildman–Crippen MR) is 124 cm³/mol. The topological polar surface area (TPSA) is 73.2 Å². The molecule has 31 heavy (non-hydrogen) atoms. The van der Waals surface area contributed by atoms with Crippen LogP contribution in [0, 0.1) is 0 Å². The fraction of sp³-hybridized carbons (Fsp3) is 0.292. The zero-order chi connectivity index (χ0) is 21.5. The van der Waals surface area contributed by atoms with E-state index >= 15 is 0 Å². The van der Waals surface area contributed by atoms with Crippen LogP contribution in [0.1, 0.15) is 18.4 Å². The van der Waals surface area contributed by atoms with Gasteiger partial charge in [-0.1, -0.05) is 42.5 Å². The number of amides is 1. The molecule has 0 radical (unpaired) electrons. The fourth-order valence-corrected chi connectivity index (χ4v) is 4.59. The van der Waals surface area contributed by atoms with Gasteiger partial charge in [0.2, 0.25) is 5.91 Å². The fourth-order valence-electron chi connectivity index (χ4n) is 3.46. The number of rotatable bonds is 7. The van der Waals surface area contributed by atoms with Crippen molar-refractivity contribution in [2.75, 3.05) is 18.5 Å². The molecule has 160 valence electrons. The highest BCUT2D eigenvalue weighted by Crippen LogP contribution is 2.26. The number of carbonyl (C=O) groups excluding carboxylic acids is 1. The lowest BCUT2D eigenvalue weighted by Crippen LogP contribution is -2.29. The van der Waals surface area contributed by atoms with Gasteiger partial charge in [-0.2, -0.15) is 16.9 Å². The number of nitrogens with one attached hydrogen (secondary N) is 1. The van der Waals surface area contributed by atoms with Crippen LogP contribution in [-0.2, 0) is 21.8 Å². The Balaban J connectivity index is 1.38. The van der Waals surface area contributed by atoms with E-state index in [4.69, 9.17) is 4.74 Å². The van der Waals surface area contributed by atoms with Gasteiger partial charge in [0.05, 0.1) is 5.69 Å². The summed E-state index contributed by atoms with van der Waals surface area (Å²) >= 11 is 1.93. The Hall–Kier alpha value is -2.90. The zero-order valence-electron chi connectivity index (χ0n) is 17.2. The maximum Gasteiger partial charge on any atom is 0.267 e. The first-order chi connectivity index (χ1) is 15.2. The predicted octanol–water partition coefficient (Wildman–Crippen LogP) is 3.96. The lowest BCUT2D eigenvalue weighted by Gasteiger charge is -2.21. The standard InChI is InChI=1S/C24H25N3O3S/c28-23(16-27-24(29)10-9-22(26-27)19-6-2-1-3-7-19)25-20-8-4-5-18(15-20)17-31-21-11-13-30-14-12-21/h1-10,15,21H,11-14,16-17H2,(H,25,28). The zero-order valence-corrected chi connectivity index (χ0v) is 18.0. The van der Waals surface area contributed by atoms with Crippen LogP contribution in [0.15, 0.2) is 71.5 Å². The lowest BCUT2D eigenvalue weighted by molar-refractivity contribution is -0.117. The summed E-state index contributed by atoms with van der Waals surface area (Å²) in [5.74, 6) is 0.614. The third-order valence-electron chi connectivity index (χ3n) is 5.09. The summed E-state index contributed by atoms with van der Waals surface area (Å²) in [6.07, 6.45) is 2.18. The van der Waals surface area contributed by atoms with Crippen molar-refractivity contribution < 1.29 is 9.53 Å². The van der Waals surface area contributed by atoms with E-state index in [-0.39, 0.29) is 18.0 Å². The first kappa shape index (κ1) is 21.3. The van der Waals surface area contributed by atoms with Gasteiger partial charge in [-0.05, 0) is 36.6 Å². The molecular weight excluding hydrogens is 410 g/mol. The Bertz CT molecular complexity index is 1080. The molecule has 0 spiro atoms. The monoisotopic (exact) mass is 435 g/mol. The van der Waals surface area contributed by atoms with Crippen molar-refractivity contribution in [2.24, 2.45) is 0 Å². The lowest BCUT2D eigenvalue weighted by atomic mass is 10.1. The number of nitrogens with zero attached hydrogens (tertiary/aromatic N) is 2. The maximum atomic E-state index is 12.6. The molecule has 2 heterocycles. The number of hydrogen-bond acceptors (Lipinski definition) is 5. The molecule has 6 nitrogen and oxygen atoms in total. The Morgan fingerprint density at radius 1 is 1.06 bits per heavy atom. The summed E-state index contributed by atoms with van der Waals surface area (Å²) < 4.78 is 6.61. The third kappa shape index (κ3) is 6.06. The van der Waals surface area contributed by atoms with E-state index in [0.717, 1.165) is 48.6 Å². The van der Waals surface area contributed by atoms with E-state index in [1.54, 1.807) is 6.07 Å². The molecule has 4 rings (SSSR count). The summed E-state index contributed by atoms with van der Waals surface area (Å²) in [6.45, 7) is 1.54. The number of aromatic nitrogens is 2. The van der Waals surface area contributed by atoms with Crippen LogP contribution in [0.3, 0.4) is 0 Å². The summed E-state index contributed by atoms with van der Waals surface area (Å²) in [6, 6.07) is 20.5. The van der Waals surface area contributed by atoms with E-state index in [1.165, 1.54) is 10.7 Å². The van der Waals surface area contributed by atoms with Crippen LogP contribution in [0.25, 0.3) is 11.3 Å². The molecule has 7 heteroatoms. The van der Waals surface area contributed by atoms with Crippen LogP contribution in [0.2, 0.25) is 0 Å². The number of benzene rings is 2. The largest absolute Gasteiger partial charge is 0.381 e. The Morgan fingerprint density at radius 3 is 2.68 bits per heavy atom. The molecule has 3 aromatic rings. The normalized spacial score (nSPS) is 14.3. The van der Waals surface area contributed by atoms with E-state index in [0.29, 0.717) is 10.9 Å². The van der Waals surface area contributed by atoms with Gasteiger partial charge in [-0.25, -0.2) is 4.68 Å². The molecule has 0 aliphatic carbocycles. The first-order valence-electron chi connectivity index (χ1n) is 10.4. The minimum absolute atomic E-state index is 0.138. The quantitative estimate of drug-likeness (QED) is 0.608. The van der Waals surface area contributed by atoms with Crippen LogP contribution in [0.4, 0.5) is 5.69 Å². The van der Waals surface area contributed by atoms with Gasteiger partial charge in [0.15, 0.2) is 0 Å². The molecular formula is C24H25N3O3S. The Kier molecular flexibility index (Phi) is 7.17. The first-order valence-corrected chi connectivity index (χ1v) is 11.4. The van der Waals surface area contributed by atoms with Gasteiger partial charge < -0.3 is 10.1 Å². The van der Waals surface area contributed by atoms with E-state index < -0.39 is 0 Å². The van der Waals surface area contributed by atoms with E-state index in [2.05, 4.69) is 16.5 Å². The van der Waals surface area contributed by atoms with Crippen molar-refractivity contribution in [3.63, 3.8) is 0 Å². The van der Waals surface area contributed by atoms with E-state index in [1.807, 2.05) is 60.3 Å². The van der Waals surface area contributed by atoms with Crippen LogP contribution >= 0.6 is 11.8 Å². The molecule has 1 aliphatic heterocycles. The molecule has 1 N–H and O–H groups in total. The second-order valence-electron chi connectivity index (χ2n) is 7.45. The SMILES string of the molecule is O=C(Cn1nc(-c2ccccc2)ccc1=O)Nc1cccc(CSC2CCOCC2)c1. The molecule has 2 aromatic carbocycles. The molecule has 0 unspecified atom stereocenters. The summed E-state index contributed by atoms with van der Waals surface area (Å²) in [7, 11) is 0. The average molecular weight is 436 g/mol. The number of carbonyl (C=O) groups is 1. The second kappa shape index (κ2) is 10.4. The minimum atomic E-state index is -0.309. The molecule has 1 aromatic heterocycles. The highest BCUT2D eigenvalue weighted by atomic mass is 32.2. The summed E-state index contributed by atoms with van der Waals surface area (Å²) in [5, 5.41) is 7.87. The number of ether oxygens (including phenoxy) is 1. The number of hydrogen-bond donors (Lipinski definition) is 1. The van der Waals surface area contributed by atoms with Crippen molar-refractivity contribution >= 4 is 23.4 Å². The van der Waals surface area contributed by atoms with Gasteiger partial charge in [0.25, 0.3) is 5.56 Å². The second-order valence-corrected chi connectivity index (χ2v) is 8.74. The van der Waals surface area contributed by atoms with Crippen LogP contribution in [0.5, 0.6) is 0 Å². The summed E-state index contributed by atoms with van der Waals surface area (Å²) in [5.41, 5.74) is 3.13. The van der Waals surface area contributed by atoms with Crippen molar-refractivity contribution in [1.29, 1.82) is 0 Å². The van der Waals surface area contributed by atoms with Crippen LogP contribution < -0.4 is 10.9 Å². The van der Waals surface area contributed by atoms with Crippen molar-refractivity contribution in [1.82, 2.24) is 9.78 Å². The molecule has 1 aliphatic rings. The number of thioether (sulfide) groups is 1. The molecule has 1 saturated heterocycles. The molecule has 0 bridgehead atoms. The third-order valence-corrected chi connectivity index (χ3v) is 6.54. The molecule has 0 saturated carbocycles. The highest BCUT2D eigenvalue weighted by Gasteiger charge is 2.14. The van der Waals surface area contributed by atoms with Gasteiger partial charge in [0.1, 0.15) is 6.54 Å². The average Bonchev–Trinajstić information content (AvgIpc) is 2.81. The summed E-state index contributed by atoms with van der Waals surface area (Å²) in [4.78, 5) is 24.8. The number of anilines is 1. The van der Waals surface area contributed by atoms with Crippen LogP contribution in [-0.4, -0.2) is 34.2 Å². The Morgan fingerprint density at radius 2 is 1.87 bits per heavy atom. The van der Waals surface area contributed by atoms with Gasteiger partial charge >= 0.3 is 0 Å². The Labute approximate surface area is 185 Å². The van der Waals surface area contributed by atoms with Crippen molar-refractivity contribution in [3.05, 3.63) is 82.6 Å². The van der Waals surface area contributed by atoms with Gasteiger partial charge in [-0.3, -0.25) is 9.59 Å². The molecule has 1 fully saturated rings. The molecule has 0 atom stereocenters. The maximum absolute atomic E-state index is 12.6. The highest BCUT2D eigenvalue weighted by molar-refractivity contribution is 7.99. The molecule has 1 amide bonds.